The topological polar surface area (TPSA) is 101 Å². The summed E-state index contributed by atoms with van der Waals surface area (Å²) in [6, 6.07) is 110. The predicted molar refractivity (Wildman–Crippen MR) is 484 cm³/mol. The molecule has 0 aliphatic heterocycles. The number of hydrogen-bond acceptors (Lipinski definition) is 5. The number of aliphatic hydroxyl groups is 5. The second-order valence-electron chi connectivity index (χ2n) is 28.7. The smallest absolute Gasteiger partial charge is 0.0509 e. The van der Waals surface area contributed by atoms with Gasteiger partial charge in [0.15, 0.2) is 0 Å². The Labute approximate surface area is 683 Å². The van der Waals surface area contributed by atoms with Crippen molar-refractivity contribution in [2.45, 2.75) is 119 Å². The van der Waals surface area contributed by atoms with E-state index in [-0.39, 0.29) is 64.4 Å². The first-order valence-corrected chi connectivity index (χ1v) is 39.3. The molecule has 0 heterocycles. The molecule has 0 aliphatic rings. The molecule has 0 bridgehead atoms. The van der Waals surface area contributed by atoms with Gasteiger partial charge in [-0.3, -0.25) is 0 Å². The van der Waals surface area contributed by atoms with Gasteiger partial charge in [-0.2, -0.15) is 0 Å². The Balaban J connectivity index is 0.000000124. The summed E-state index contributed by atoms with van der Waals surface area (Å²) < 4.78 is 0. The minimum Gasteiger partial charge on any atom is -0.400 e. The molecule has 6 heteroatoms. The molecular formula is C105H100O5Th. The van der Waals surface area contributed by atoms with E-state index in [1.165, 1.54) is 194 Å². The van der Waals surface area contributed by atoms with Crippen LogP contribution < -0.4 is 0 Å². The minimum absolute atomic E-state index is 0. The Bertz CT molecular complexity index is 5300. The van der Waals surface area contributed by atoms with E-state index in [1.807, 2.05) is 77.9 Å². The summed E-state index contributed by atoms with van der Waals surface area (Å²) in [6.07, 6.45) is 2.98. The van der Waals surface area contributed by atoms with Gasteiger partial charge in [0, 0.05) is 47.1 Å². The predicted octanol–water partition coefficient (Wildman–Crippen LogP) is 28.4. The van der Waals surface area contributed by atoms with E-state index in [2.05, 4.69) is 267 Å². The average molecular weight is 1670 g/mol. The van der Waals surface area contributed by atoms with E-state index in [1.54, 1.807) is 27.7 Å². The molecule has 111 heavy (non-hydrogen) atoms. The van der Waals surface area contributed by atoms with Gasteiger partial charge in [-0.25, -0.2) is 0 Å². The molecule has 554 valence electrons. The maximum atomic E-state index is 8.36. The molecule has 23 aromatic carbocycles. The van der Waals surface area contributed by atoms with Gasteiger partial charge in [0.2, 0.25) is 0 Å². The van der Waals surface area contributed by atoms with E-state index >= 15 is 0 Å². The summed E-state index contributed by atoms with van der Waals surface area (Å²) in [5.41, 5.74) is 0. The molecule has 0 amide bonds. The van der Waals surface area contributed by atoms with Crippen molar-refractivity contribution in [2.24, 2.45) is 0 Å². The minimum atomic E-state index is -0.116. The molecule has 5 nitrogen and oxygen atoms in total. The first-order chi connectivity index (χ1) is 53.7. The quantitative estimate of drug-likeness (QED) is 0.0893. The zero-order chi connectivity index (χ0) is 77.3. The van der Waals surface area contributed by atoms with E-state index in [0.717, 1.165) is 32.8 Å². The summed E-state index contributed by atoms with van der Waals surface area (Å²) in [7, 11) is 1.00. The number of benzene rings is 23. The molecule has 0 radical (unpaired) electrons. The second kappa shape index (κ2) is 36.4. The monoisotopic (exact) mass is 1670 g/mol. The van der Waals surface area contributed by atoms with Gasteiger partial charge in [0.05, 0.1) is 24.4 Å². The van der Waals surface area contributed by atoms with Crippen LogP contribution in [0.3, 0.4) is 0 Å². The van der Waals surface area contributed by atoms with Crippen molar-refractivity contribution in [1.82, 2.24) is 0 Å². The molecule has 0 spiro atoms. The Morgan fingerprint density at radius 2 is 0.234 bits per heavy atom. The van der Waals surface area contributed by atoms with Gasteiger partial charge in [-0.05, 0) is 247 Å². The Kier molecular flexibility index (Phi) is 26.4. The summed E-state index contributed by atoms with van der Waals surface area (Å²) in [4.78, 5) is 0. The van der Waals surface area contributed by atoms with Gasteiger partial charge >= 0.3 is 0 Å². The molecule has 0 aromatic heterocycles. The molecular weight excluding hydrogens is 1570 g/mol. The van der Waals surface area contributed by atoms with Gasteiger partial charge in [-0.15, -0.1) is 0 Å². The zero-order valence-electron chi connectivity index (χ0n) is 65.7. The number of rotatable bonds is 4. The third-order valence-electron chi connectivity index (χ3n) is 21.6. The maximum Gasteiger partial charge on any atom is 0.0509 e. The molecule has 23 rings (SSSR count). The van der Waals surface area contributed by atoms with Crippen molar-refractivity contribution in [1.29, 1.82) is 0 Å². The van der Waals surface area contributed by atoms with Gasteiger partial charge in [0.25, 0.3) is 0 Å². The molecule has 4 atom stereocenters. The molecule has 0 fully saturated rings. The largest absolute Gasteiger partial charge is 0.400 e. The average Bonchev–Trinajstić information content (AvgIpc) is 0.694. The van der Waals surface area contributed by atoms with Crippen LogP contribution in [0.25, 0.3) is 194 Å². The van der Waals surface area contributed by atoms with Crippen LogP contribution in [0.2, 0.25) is 0 Å². The SMILES string of the molecule is CC.CCC(C)O.CCC(C)O.CCC(C)O.CCC(C)O.CO.[Th].c1cc2ccc3ccc4ccc5ccc6ccc1c1c2c3c4c5c61.c1cc2ccc3ccc4ccc5ccc6ccc1c1c2c3c4c5c61.c1cc2ccc3cccc4ccc(c1)c2c34.c1cc2ccc3cccc4ccc(c1)c2c34.c1ccccc1. The van der Waals surface area contributed by atoms with Crippen LogP contribution in [0.4, 0.5) is 0 Å². The fraction of sp³-hybridized carbons (Fsp3) is 0.181. The molecule has 23 aromatic rings. The Morgan fingerprint density at radius 1 is 0.162 bits per heavy atom. The van der Waals surface area contributed by atoms with E-state index in [9.17, 15) is 0 Å². The van der Waals surface area contributed by atoms with Crippen molar-refractivity contribution in [3.05, 3.63) is 303 Å². The summed E-state index contributed by atoms with van der Waals surface area (Å²) in [6.45, 7) is 18.9. The van der Waals surface area contributed by atoms with Crippen LogP contribution in [0, 0.1) is 39.9 Å². The fourth-order valence-corrected chi connectivity index (χ4v) is 15.5. The van der Waals surface area contributed by atoms with Crippen LogP contribution in [0.1, 0.15) is 94.9 Å². The van der Waals surface area contributed by atoms with Crippen LogP contribution in [-0.2, 0) is 0 Å². The molecule has 5 N–H and O–H groups in total. The Hall–Kier alpha value is -10.1. The van der Waals surface area contributed by atoms with Crippen molar-refractivity contribution in [3.8, 4) is 0 Å². The third-order valence-corrected chi connectivity index (χ3v) is 21.6. The number of aliphatic hydroxyl groups excluding tert-OH is 5. The maximum absolute atomic E-state index is 8.36. The Morgan fingerprint density at radius 3 is 0.306 bits per heavy atom. The zero-order valence-corrected chi connectivity index (χ0v) is 69.9. The molecule has 0 aliphatic carbocycles. The van der Waals surface area contributed by atoms with Crippen LogP contribution >= 0.6 is 0 Å². The van der Waals surface area contributed by atoms with Crippen molar-refractivity contribution in [2.75, 3.05) is 7.11 Å². The third kappa shape index (κ3) is 16.1. The van der Waals surface area contributed by atoms with Gasteiger partial charge in [-0.1, -0.05) is 345 Å². The first-order valence-electron chi connectivity index (χ1n) is 39.3. The summed E-state index contributed by atoms with van der Waals surface area (Å²) >= 11 is 0. The van der Waals surface area contributed by atoms with Crippen LogP contribution in [0.5, 0.6) is 0 Å². The normalized spacial score (nSPS) is 12.3. The van der Waals surface area contributed by atoms with E-state index in [0.29, 0.717) is 0 Å². The fourth-order valence-electron chi connectivity index (χ4n) is 15.5. The van der Waals surface area contributed by atoms with Crippen molar-refractivity contribution < 1.29 is 65.5 Å². The molecule has 4 unspecified atom stereocenters. The van der Waals surface area contributed by atoms with Crippen LogP contribution in [0.15, 0.2) is 303 Å². The van der Waals surface area contributed by atoms with Crippen molar-refractivity contribution in [3.63, 3.8) is 0 Å². The summed E-state index contributed by atoms with van der Waals surface area (Å²) in [5.74, 6) is 0. The standard InChI is InChI=1S/2C24H12.2C16H10.C6H6.4C4H10O.C2H6.CH4O.Th/c2*1-2-14-5-6-16-9-11-18-12-10-17-8-7-15-4-3-13(1)19-20(14)22(16)24(18)23(17)21(15)19;2*1-3-11-7-9-13-5-2-6-14-10-8-12(4-1)15(11)16(13)14;1-2-4-6-5-3-1;4*1-3-4(2)5;2*1-2;/h2*1-12H;2*1-10H;1-6H;4*4-5H,3H2,1-2H3;1-2H3;2H,1H3;. The van der Waals surface area contributed by atoms with E-state index < -0.39 is 0 Å². The van der Waals surface area contributed by atoms with Gasteiger partial charge in [0.1, 0.15) is 0 Å². The summed E-state index contributed by atoms with van der Waals surface area (Å²) in [5, 5.41) is 90.2. The number of hydrogen-bond donors (Lipinski definition) is 5. The second-order valence-corrected chi connectivity index (χ2v) is 28.7. The van der Waals surface area contributed by atoms with Gasteiger partial charge < -0.3 is 25.5 Å². The molecule has 0 saturated heterocycles. The van der Waals surface area contributed by atoms with E-state index in [4.69, 9.17) is 25.5 Å². The molecule has 0 saturated carbocycles. The van der Waals surface area contributed by atoms with Crippen molar-refractivity contribution >= 4 is 194 Å². The first kappa shape index (κ1) is 80.5. The van der Waals surface area contributed by atoms with Crippen LogP contribution in [-0.4, -0.2) is 57.1 Å².